The number of likely N-dealkylation sites (N-methyl/N-ethyl adjacent to an activating group) is 1. The van der Waals surface area contributed by atoms with Crippen LogP contribution in [-0.2, 0) is 11.4 Å². The van der Waals surface area contributed by atoms with E-state index in [1.165, 1.54) is 4.90 Å². The fraction of sp³-hybridized carbons (Fsp3) is 0.158. The van der Waals surface area contributed by atoms with Crippen molar-refractivity contribution < 1.29 is 14.3 Å². The first-order valence-electron chi connectivity index (χ1n) is 7.95. The molecule has 1 aliphatic rings. The number of carbonyl (C=O) groups is 1. The van der Waals surface area contributed by atoms with Crippen LogP contribution in [0.4, 0.5) is 0 Å². The standard InChI is InChI=1S/C19H16BrClN2O3S/c1-23-18(24)15(22-19(23)27)8-11-7-13(20)17(16(9-11)25-2)26-10-12-5-3-4-6-14(12)21/h3-9H,10H2,1-2H3,(H,22,27). The van der Waals surface area contributed by atoms with Crippen LogP contribution in [0.25, 0.3) is 6.08 Å². The average Bonchev–Trinajstić information content (AvgIpc) is 2.88. The van der Waals surface area contributed by atoms with E-state index in [-0.39, 0.29) is 5.91 Å². The van der Waals surface area contributed by atoms with Crippen molar-refractivity contribution in [3.05, 3.63) is 62.7 Å². The first-order valence-corrected chi connectivity index (χ1v) is 9.53. The topological polar surface area (TPSA) is 50.8 Å². The smallest absolute Gasteiger partial charge is 0.276 e. The quantitative estimate of drug-likeness (QED) is 0.522. The number of carbonyl (C=O) groups excluding carboxylic acids is 1. The molecule has 1 saturated heterocycles. The first kappa shape index (κ1) is 19.7. The highest BCUT2D eigenvalue weighted by Gasteiger charge is 2.27. The van der Waals surface area contributed by atoms with Gasteiger partial charge in [-0.25, -0.2) is 0 Å². The molecule has 3 rings (SSSR count). The van der Waals surface area contributed by atoms with Gasteiger partial charge >= 0.3 is 0 Å². The third-order valence-corrected chi connectivity index (χ3v) is 5.31. The van der Waals surface area contributed by atoms with E-state index >= 15 is 0 Å². The fourth-order valence-electron chi connectivity index (χ4n) is 2.52. The second kappa shape index (κ2) is 8.29. The SMILES string of the molecule is COc1cc(C=C2NC(=S)N(C)C2=O)cc(Br)c1OCc1ccccc1Cl. The van der Waals surface area contributed by atoms with E-state index in [4.69, 9.17) is 33.3 Å². The van der Waals surface area contributed by atoms with Gasteiger partial charge in [0, 0.05) is 17.6 Å². The van der Waals surface area contributed by atoms with Crippen LogP contribution >= 0.6 is 39.7 Å². The Kier molecular flexibility index (Phi) is 6.04. The molecule has 1 amide bonds. The van der Waals surface area contributed by atoms with Crippen molar-refractivity contribution >= 4 is 56.8 Å². The van der Waals surface area contributed by atoms with E-state index in [0.717, 1.165) is 11.1 Å². The van der Waals surface area contributed by atoms with Gasteiger partial charge < -0.3 is 14.8 Å². The molecule has 0 radical (unpaired) electrons. The molecule has 0 saturated carbocycles. The van der Waals surface area contributed by atoms with Crippen LogP contribution in [0.3, 0.4) is 0 Å². The molecule has 0 aliphatic carbocycles. The number of amides is 1. The molecule has 0 unspecified atom stereocenters. The van der Waals surface area contributed by atoms with Crippen molar-refractivity contribution in [2.24, 2.45) is 0 Å². The Morgan fingerprint density at radius 2 is 2.07 bits per heavy atom. The number of rotatable bonds is 5. The number of nitrogens with zero attached hydrogens (tertiary/aromatic N) is 1. The second-order valence-electron chi connectivity index (χ2n) is 5.77. The molecule has 0 aromatic heterocycles. The minimum Gasteiger partial charge on any atom is -0.493 e. The van der Waals surface area contributed by atoms with Gasteiger partial charge in [0.25, 0.3) is 5.91 Å². The molecule has 1 N–H and O–H groups in total. The van der Waals surface area contributed by atoms with Gasteiger partial charge in [-0.05, 0) is 58.0 Å². The Bertz CT molecular complexity index is 949. The number of halogens is 2. The molecule has 1 fully saturated rings. The Morgan fingerprint density at radius 3 is 2.70 bits per heavy atom. The van der Waals surface area contributed by atoms with Gasteiger partial charge in [0.1, 0.15) is 12.3 Å². The van der Waals surface area contributed by atoms with E-state index in [2.05, 4.69) is 21.2 Å². The van der Waals surface area contributed by atoms with E-state index < -0.39 is 0 Å². The lowest BCUT2D eigenvalue weighted by Gasteiger charge is -2.14. The minimum absolute atomic E-state index is 0.186. The van der Waals surface area contributed by atoms with E-state index in [9.17, 15) is 4.79 Å². The summed E-state index contributed by atoms with van der Waals surface area (Å²) in [5, 5.41) is 3.90. The Morgan fingerprint density at radius 1 is 1.33 bits per heavy atom. The number of hydrogen-bond acceptors (Lipinski definition) is 4. The fourth-order valence-corrected chi connectivity index (χ4v) is 3.48. The van der Waals surface area contributed by atoms with Crippen molar-refractivity contribution in [1.29, 1.82) is 0 Å². The van der Waals surface area contributed by atoms with Gasteiger partial charge in [-0.1, -0.05) is 29.8 Å². The summed E-state index contributed by atoms with van der Waals surface area (Å²) in [5.41, 5.74) is 2.04. The highest BCUT2D eigenvalue weighted by atomic mass is 79.9. The first-order chi connectivity index (χ1) is 12.9. The highest BCUT2D eigenvalue weighted by Crippen LogP contribution is 2.38. The number of ether oxygens (including phenoxy) is 2. The summed E-state index contributed by atoms with van der Waals surface area (Å²) in [6, 6.07) is 11.1. The monoisotopic (exact) mass is 466 g/mol. The maximum absolute atomic E-state index is 12.1. The molecular weight excluding hydrogens is 452 g/mol. The highest BCUT2D eigenvalue weighted by molar-refractivity contribution is 9.10. The van der Waals surface area contributed by atoms with Gasteiger partial charge in [0.15, 0.2) is 16.6 Å². The third kappa shape index (κ3) is 4.26. The van der Waals surface area contributed by atoms with Crippen molar-refractivity contribution in [3.8, 4) is 11.5 Å². The maximum atomic E-state index is 12.1. The molecule has 1 aliphatic heterocycles. The van der Waals surface area contributed by atoms with Gasteiger partial charge in [0.2, 0.25) is 0 Å². The van der Waals surface area contributed by atoms with Crippen LogP contribution < -0.4 is 14.8 Å². The molecule has 2 aromatic rings. The summed E-state index contributed by atoms with van der Waals surface area (Å²) in [7, 11) is 3.18. The lowest BCUT2D eigenvalue weighted by atomic mass is 10.1. The predicted octanol–water partition coefficient (Wildman–Crippen LogP) is 4.38. The van der Waals surface area contributed by atoms with Gasteiger partial charge in [-0.3, -0.25) is 9.69 Å². The van der Waals surface area contributed by atoms with Crippen molar-refractivity contribution in [2.75, 3.05) is 14.2 Å². The van der Waals surface area contributed by atoms with E-state index in [1.807, 2.05) is 30.3 Å². The Hall–Kier alpha value is -2.09. The molecule has 2 aromatic carbocycles. The zero-order valence-corrected chi connectivity index (χ0v) is 17.7. The zero-order chi connectivity index (χ0) is 19.6. The summed E-state index contributed by atoms with van der Waals surface area (Å²) >= 11 is 14.8. The summed E-state index contributed by atoms with van der Waals surface area (Å²) in [6.07, 6.45) is 1.71. The molecule has 0 bridgehead atoms. The Balaban J connectivity index is 1.87. The van der Waals surface area contributed by atoms with Crippen LogP contribution in [0, 0.1) is 0 Å². The minimum atomic E-state index is -0.186. The van der Waals surface area contributed by atoms with Crippen molar-refractivity contribution in [2.45, 2.75) is 6.61 Å². The average molecular weight is 468 g/mol. The molecule has 0 spiro atoms. The van der Waals surface area contributed by atoms with Crippen LogP contribution in [0.5, 0.6) is 11.5 Å². The summed E-state index contributed by atoms with van der Waals surface area (Å²) < 4.78 is 12.1. The summed E-state index contributed by atoms with van der Waals surface area (Å²) in [4.78, 5) is 13.5. The van der Waals surface area contributed by atoms with E-state index in [0.29, 0.717) is 38.4 Å². The number of thiocarbonyl (C=S) groups is 1. The third-order valence-electron chi connectivity index (χ3n) is 3.97. The molecule has 5 nitrogen and oxygen atoms in total. The second-order valence-corrected chi connectivity index (χ2v) is 7.41. The van der Waals surface area contributed by atoms with Crippen molar-refractivity contribution in [1.82, 2.24) is 10.2 Å². The lowest BCUT2D eigenvalue weighted by Crippen LogP contribution is -2.25. The zero-order valence-electron chi connectivity index (χ0n) is 14.6. The largest absolute Gasteiger partial charge is 0.493 e. The molecule has 8 heteroatoms. The Labute approximate surface area is 176 Å². The van der Waals surface area contributed by atoms with Crippen LogP contribution in [-0.4, -0.2) is 30.1 Å². The van der Waals surface area contributed by atoms with Gasteiger partial charge in [-0.2, -0.15) is 0 Å². The van der Waals surface area contributed by atoms with E-state index in [1.54, 1.807) is 26.3 Å². The van der Waals surface area contributed by atoms with Gasteiger partial charge in [-0.15, -0.1) is 0 Å². The van der Waals surface area contributed by atoms with Crippen molar-refractivity contribution in [3.63, 3.8) is 0 Å². The number of benzene rings is 2. The van der Waals surface area contributed by atoms with Gasteiger partial charge in [0.05, 0.1) is 11.6 Å². The predicted molar refractivity (Wildman–Crippen MR) is 113 cm³/mol. The molecule has 1 heterocycles. The normalized spacial score (nSPS) is 15.3. The van der Waals surface area contributed by atoms with Crippen LogP contribution in [0.2, 0.25) is 5.02 Å². The number of methoxy groups -OCH3 is 1. The lowest BCUT2D eigenvalue weighted by molar-refractivity contribution is -0.121. The molecule has 140 valence electrons. The van der Waals surface area contributed by atoms with Crippen LogP contribution in [0.15, 0.2) is 46.6 Å². The molecule has 0 atom stereocenters. The summed E-state index contributed by atoms with van der Waals surface area (Å²) in [5.74, 6) is 0.900. The number of nitrogens with one attached hydrogen (secondary N) is 1. The molecule has 27 heavy (non-hydrogen) atoms. The number of hydrogen-bond donors (Lipinski definition) is 1. The summed E-state index contributed by atoms with van der Waals surface area (Å²) in [6.45, 7) is 0.300. The molecular formula is C19H16BrClN2O3S. The van der Waals surface area contributed by atoms with Crippen LogP contribution in [0.1, 0.15) is 11.1 Å². The maximum Gasteiger partial charge on any atom is 0.276 e.